The summed E-state index contributed by atoms with van der Waals surface area (Å²) in [4.78, 5) is 1.04. The van der Waals surface area contributed by atoms with Crippen molar-refractivity contribution >= 4 is 43.5 Å². The van der Waals surface area contributed by atoms with Gasteiger partial charge in [0.15, 0.2) is 0 Å². The molecule has 0 spiro atoms. The van der Waals surface area contributed by atoms with Crippen LogP contribution in [0.5, 0.6) is 0 Å². The molecule has 3 heteroatoms. The lowest BCUT2D eigenvalue weighted by molar-refractivity contribution is 0.545. The van der Waals surface area contributed by atoms with E-state index in [1.54, 1.807) is 0 Å². The molecule has 1 saturated carbocycles. The van der Waals surface area contributed by atoms with E-state index in [-0.39, 0.29) is 0 Å². The number of hydrogen-bond acceptors (Lipinski definition) is 0. The van der Waals surface area contributed by atoms with Gasteiger partial charge in [-0.15, -0.1) is 11.6 Å². The minimum Gasteiger partial charge on any atom is -0.122 e. The predicted molar refractivity (Wildman–Crippen MR) is 48.9 cm³/mol. The van der Waals surface area contributed by atoms with Gasteiger partial charge in [0, 0.05) is 15.0 Å². The third-order valence-corrected chi connectivity index (χ3v) is 5.46. The Morgan fingerprint density at radius 3 is 2.33 bits per heavy atom. The van der Waals surface area contributed by atoms with Gasteiger partial charge in [-0.3, -0.25) is 0 Å². The third-order valence-electron chi connectivity index (χ3n) is 1.65. The van der Waals surface area contributed by atoms with Gasteiger partial charge in [0.2, 0.25) is 0 Å². The van der Waals surface area contributed by atoms with Crippen molar-refractivity contribution in [3.8, 4) is 0 Å². The van der Waals surface area contributed by atoms with E-state index in [2.05, 4.69) is 31.9 Å². The van der Waals surface area contributed by atoms with Crippen LogP contribution in [0.25, 0.3) is 0 Å². The maximum absolute atomic E-state index is 5.99. The van der Waals surface area contributed by atoms with Gasteiger partial charge in [-0.05, 0) is 12.8 Å². The fourth-order valence-corrected chi connectivity index (χ4v) is 2.78. The van der Waals surface area contributed by atoms with Gasteiger partial charge in [0.05, 0.1) is 0 Å². The molecule has 0 nitrogen and oxygen atoms in total. The highest BCUT2D eigenvalue weighted by atomic mass is 79.9. The van der Waals surface area contributed by atoms with E-state index in [9.17, 15) is 0 Å². The lowest BCUT2D eigenvalue weighted by Crippen LogP contribution is -2.29. The van der Waals surface area contributed by atoms with Crippen LogP contribution in [-0.4, -0.2) is 15.0 Å². The molecular formula is C6H9Br2Cl. The monoisotopic (exact) mass is 274 g/mol. The van der Waals surface area contributed by atoms with Crippen LogP contribution < -0.4 is 0 Å². The Kier molecular flexibility index (Phi) is 3.33. The van der Waals surface area contributed by atoms with Crippen LogP contribution in [0.15, 0.2) is 0 Å². The number of halogens is 3. The molecule has 1 aliphatic rings. The summed E-state index contributed by atoms with van der Waals surface area (Å²) in [7, 11) is 0. The van der Waals surface area contributed by atoms with Crippen molar-refractivity contribution in [2.45, 2.75) is 34.3 Å². The summed E-state index contributed by atoms with van der Waals surface area (Å²) >= 11 is 13.1. The lowest BCUT2D eigenvalue weighted by atomic mass is 10.0. The summed E-state index contributed by atoms with van der Waals surface area (Å²) in [5, 5.41) is 0.322. The summed E-state index contributed by atoms with van der Waals surface area (Å²) in [5.41, 5.74) is 0. The van der Waals surface area contributed by atoms with E-state index in [0.717, 1.165) is 6.42 Å². The van der Waals surface area contributed by atoms with Crippen molar-refractivity contribution in [1.29, 1.82) is 0 Å². The summed E-state index contributed by atoms with van der Waals surface area (Å²) in [5.74, 6) is 0. The Morgan fingerprint density at radius 2 is 1.89 bits per heavy atom. The minimum absolute atomic E-state index is 0.322. The van der Waals surface area contributed by atoms with Crippen molar-refractivity contribution in [2.75, 3.05) is 0 Å². The van der Waals surface area contributed by atoms with Gasteiger partial charge in [0.25, 0.3) is 0 Å². The fraction of sp³-hybridized carbons (Fsp3) is 1.00. The van der Waals surface area contributed by atoms with Crippen molar-refractivity contribution < 1.29 is 0 Å². The summed E-state index contributed by atoms with van der Waals surface area (Å²) < 4.78 is 0. The molecule has 1 rings (SSSR count). The molecule has 9 heavy (non-hydrogen) atoms. The standard InChI is InChI=1S/C6H9Br2Cl/c7-4-2-1-3-5(9)6(4)8/h4-6H,1-3H2. The Labute approximate surface area is 77.6 Å². The molecule has 3 atom stereocenters. The second-order valence-electron chi connectivity index (χ2n) is 2.41. The first-order valence-corrected chi connectivity index (χ1v) is 5.41. The van der Waals surface area contributed by atoms with Gasteiger partial charge >= 0.3 is 0 Å². The number of alkyl halides is 3. The van der Waals surface area contributed by atoms with Crippen molar-refractivity contribution in [3.63, 3.8) is 0 Å². The molecule has 0 aromatic heterocycles. The van der Waals surface area contributed by atoms with Crippen LogP contribution in [0, 0.1) is 0 Å². The quantitative estimate of drug-likeness (QED) is 0.596. The summed E-state index contributed by atoms with van der Waals surface area (Å²) in [6.45, 7) is 0. The zero-order chi connectivity index (χ0) is 6.85. The van der Waals surface area contributed by atoms with Gasteiger partial charge in [-0.2, -0.15) is 0 Å². The highest BCUT2D eigenvalue weighted by Gasteiger charge is 2.27. The molecule has 0 aromatic carbocycles. The molecule has 3 unspecified atom stereocenters. The molecule has 54 valence electrons. The number of hydrogen-bond donors (Lipinski definition) is 0. The first-order valence-electron chi connectivity index (χ1n) is 3.14. The van der Waals surface area contributed by atoms with Gasteiger partial charge in [-0.25, -0.2) is 0 Å². The van der Waals surface area contributed by atoms with Crippen LogP contribution in [0.4, 0.5) is 0 Å². The molecule has 1 fully saturated rings. The van der Waals surface area contributed by atoms with Crippen molar-refractivity contribution in [1.82, 2.24) is 0 Å². The van der Waals surface area contributed by atoms with E-state index >= 15 is 0 Å². The third kappa shape index (κ3) is 2.09. The van der Waals surface area contributed by atoms with E-state index < -0.39 is 0 Å². The lowest BCUT2D eigenvalue weighted by Gasteiger charge is -2.26. The summed E-state index contributed by atoms with van der Waals surface area (Å²) in [6, 6.07) is 0. The SMILES string of the molecule is ClC1CCCC(Br)C1Br. The zero-order valence-electron chi connectivity index (χ0n) is 4.99. The van der Waals surface area contributed by atoms with E-state index in [4.69, 9.17) is 11.6 Å². The average Bonchev–Trinajstić information content (AvgIpc) is 1.83. The van der Waals surface area contributed by atoms with Crippen LogP contribution in [0.3, 0.4) is 0 Å². The van der Waals surface area contributed by atoms with Crippen molar-refractivity contribution in [3.05, 3.63) is 0 Å². The molecule has 0 saturated heterocycles. The van der Waals surface area contributed by atoms with Crippen LogP contribution in [0.2, 0.25) is 0 Å². The number of rotatable bonds is 0. The predicted octanol–water partition coefficient (Wildman–Crippen LogP) is 3.30. The Balaban J connectivity index is 2.41. The molecular weight excluding hydrogens is 267 g/mol. The molecule has 0 bridgehead atoms. The smallest absolute Gasteiger partial charge is 0.0472 e. The Bertz CT molecular complexity index is 87.1. The van der Waals surface area contributed by atoms with E-state index in [1.807, 2.05) is 0 Å². The minimum atomic E-state index is 0.322. The molecule has 0 N–H and O–H groups in total. The second-order valence-corrected chi connectivity index (χ2v) is 5.20. The molecule has 0 aliphatic heterocycles. The van der Waals surface area contributed by atoms with Gasteiger partial charge in [0.1, 0.15) is 0 Å². The maximum atomic E-state index is 5.99. The maximum Gasteiger partial charge on any atom is 0.0472 e. The van der Waals surface area contributed by atoms with Crippen LogP contribution >= 0.6 is 43.5 Å². The highest BCUT2D eigenvalue weighted by Crippen LogP contribution is 2.33. The second kappa shape index (κ2) is 3.59. The topological polar surface area (TPSA) is 0 Å². The first kappa shape index (κ1) is 8.35. The summed E-state index contributed by atoms with van der Waals surface area (Å²) in [6.07, 6.45) is 3.66. The van der Waals surface area contributed by atoms with Crippen molar-refractivity contribution in [2.24, 2.45) is 0 Å². The molecule has 1 aliphatic carbocycles. The highest BCUT2D eigenvalue weighted by molar-refractivity contribution is 9.12. The largest absolute Gasteiger partial charge is 0.122 e. The van der Waals surface area contributed by atoms with E-state index in [0.29, 0.717) is 15.0 Å². The van der Waals surface area contributed by atoms with Gasteiger partial charge in [-0.1, -0.05) is 38.3 Å². The van der Waals surface area contributed by atoms with Crippen LogP contribution in [0.1, 0.15) is 19.3 Å². The molecule has 0 heterocycles. The Hall–Kier alpha value is 1.25. The average molecular weight is 276 g/mol. The molecule has 0 amide bonds. The van der Waals surface area contributed by atoms with Gasteiger partial charge < -0.3 is 0 Å². The molecule has 0 aromatic rings. The van der Waals surface area contributed by atoms with E-state index in [1.165, 1.54) is 12.8 Å². The normalized spacial score (nSPS) is 45.0. The Morgan fingerprint density at radius 1 is 1.22 bits per heavy atom. The van der Waals surface area contributed by atoms with Crippen LogP contribution in [-0.2, 0) is 0 Å². The first-order chi connectivity index (χ1) is 4.22. The fourth-order valence-electron chi connectivity index (χ4n) is 1.05. The zero-order valence-corrected chi connectivity index (χ0v) is 8.92. The molecule has 0 radical (unpaired) electrons.